The fraction of sp³-hybridized carbons (Fsp3) is 0.364. The Hall–Kier alpha value is -3.08. The van der Waals surface area contributed by atoms with Gasteiger partial charge in [-0.25, -0.2) is 21.6 Å². The molecular weight excluding hydrogens is 459 g/mol. The molecule has 33 heavy (non-hydrogen) atoms. The van der Waals surface area contributed by atoms with E-state index in [4.69, 9.17) is 0 Å². The molecule has 11 heteroatoms. The van der Waals surface area contributed by atoms with Gasteiger partial charge in [-0.1, -0.05) is 18.2 Å². The van der Waals surface area contributed by atoms with Crippen LogP contribution in [0.2, 0.25) is 0 Å². The lowest BCUT2D eigenvalue weighted by Crippen LogP contribution is -2.47. The molecule has 2 aromatic carbocycles. The summed E-state index contributed by atoms with van der Waals surface area (Å²) in [6.45, 7) is 1.16. The van der Waals surface area contributed by atoms with E-state index in [-0.39, 0.29) is 37.2 Å². The van der Waals surface area contributed by atoms with E-state index in [9.17, 15) is 31.2 Å². The Morgan fingerprint density at radius 3 is 2.27 bits per heavy atom. The quantitative estimate of drug-likeness (QED) is 0.561. The molecule has 0 aromatic heterocycles. The predicted molar refractivity (Wildman–Crippen MR) is 118 cm³/mol. The molecule has 7 nitrogen and oxygen atoms in total. The second kappa shape index (κ2) is 11.2. The third-order valence-corrected chi connectivity index (χ3v) is 6.25. The summed E-state index contributed by atoms with van der Waals surface area (Å²) in [5, 5.41) is 2.45. The average Bonchev–Trinajstić information content (AvgIpc) is 2.76. The number of sulfonamides is 1. The van der Waals surface area contributed by atoms with Crippen molar-refractivity contribution in [3.05, 3.63) is 65.5 Å². The Morgan fingerprint density at radius 2 is 1.70 bits per heavy atom. The lowest BCUT2D eigenvalue weighted by molar-refractivity contribution is -0.140. The van der Waals surface area contributed by atoms with Gasteiger partial charge in [-0.2, -0.15) is 0 Å². The number of amides is 2. The fourth-order valence-corrected chi connectivity index (χ4v) is 4.20. The van der Waals surface area contributed by atoms with Gasteiger partial charge in [0.05, 0.1) is 11.9 Å². The standard InChI is InChI=1S/C22H26F3N3O4S/c1-15(22(30)26-2)27(14-16-7-4-5-8-18(16)23)21(29)9-6-12-28(33(3,31)32)17-10-11-19(24)20(25)13-17/h4-5,7-8,10-11,13,15H,6,9,12,14H2,1-3H3,(H,26,30)/t15-/m1/s1. The molecule has 1 atom stereocenters. The van der Waals surface area contributed by atoms with Crippen LogP contribution in [0.5, 0.6) is 0 Å². The predicted octanol–water partition coefficient (Wildman–Crippen LogP) is 2.81. The average molecular weight is 486 g/mol. The molecule has 0 bridgehead atoms. The summed E-state index contributed by atoms with van der Waals surface area (Å²) in [5.41, 5.74) is 0.145. The first-order valence-electron chi connectivity index (χ1n) is 10.1. The van der Waals surface area contributed by atoms with E-state index in [0.717, 1.165) is 28.8 Å². The molecule has 180 valence electrons. The van der Waals surface area contributed by atoms with Crippen LogP contribution >= 0.6 is 0 Å². The Kier molecular flexibility index (Phi) is 8.86. The number of halogens is 3. The maximum absolute atomic E-state index is 14.1. The van der Waals surface area contributed by atoms with Gasteiger partial charge in [-0.3, -0.25) is 13.9 Å². The zero-order valence-electron chi connectivity index (χ0n) is 18.5. The van der Waals surface area contributed by atoms with Crippen LogP contribution in [0.15, 0.2) is 42.5 Å². The zero-order valence-corrected chi connectivity index (χ0v) is 19.3. The first kappa shape index (κ1) is 26.2. The van der Waals surface area contributed by atoms with Crippen molar-refractivity contribution >= 4 is 27.5 Å². The molecule has 0 heterocycles. The SMILES string of the molecule is CNC(=O)[C@@H](C)N(Cc1ccccc1F)C(=O)CCCN(c1ccc(F)c(F)c1)S(C)(=O)=O. The number of rotatable bonds is 10. The smallest absolute Gasteiger partial charge is 0.242 e. The topological polar surface area (TPSA) is 86.8 Å². The number of likely N-dealkylation sites (N-methyl/N-ethyl adjacent to an activating group) is 1. The number of hydrogen-bond donors (Lipinski definition) is 1. The Balaban J connectivity index is 2.17. The van der Waals surface area contributed by atoms with Gasteiger partial charge < -0.3 is 10.2 Å². The van der Waals surface area contributed by atoms with Crippen LogP contribution in [0.3, 0.4) is 0 Å². The molecule has 0 aliphatic rings. The maximum Gasteiger partial charge on any atom is 0.242 e. The Labute approximate surface area is 191 Å². The number of anilines is 1. The van der Waals surface area contributed by atoms with E-state index in [0.29, 0.717) is 0 Å². The molecule has 0 saturated heterocycles. The molecule has 0 radical (unpaired) electrons. The van der Waals surface area contributed by atoms with E-state index in [1.807, 2.05) is 0 Å². The number of hydrogen-bond acceptors (Lipinski definition) is 4. The van der Waals surface area contributed by atoms with Gasteiger partial charge >= 0.3 is 0 Å². The normalized spacial score (nSPS) is 12.2. The highest BCUT2D eigenvalue weighted by Gasteiger charge is 2.27. The second-order valence-corrected chi connectivity index (χ2v) is 9.35. The van der Waals surface area contributed by atoms with E-state index in [1.54, 1.807) is 6.07 Å². The number of benzene rings is 2. The highest BCUT2D eigenvalue weighted by atomic mass is 32.2. The molecule has 2 aromatic rings. The highest BCUT2D eigenvalue weighted by molar-refractivity contribution is 7.92. The minimum atomic E-state index is -3.85. The molecule has 1 N–H and O–H groups in total. The highest BCUT2D eigenvalue weighted by Crippen LogP contribution is 2.22. The summed E-state index contributed by atoms with van der Waals surface area (Å²) >= 11 is 0. The van der Waals surface area contributed by atoms with Crippen LogP contribution in [0.1, 0.15) is 25.3 Å². The summed E-state index contributed by atoms with van der Waals surface area (Å²) in [5.74, 6) is -3.78. The van der Waals surface area contributed by atoms with Crippen molar-refractivity contribution in [1.82, 2.24) is 10.2 Å². The summed E-state index contributed by atoms with van der Waals surface area (Å²) < 4.78 is 66.2. The van der Waals surface area contributed by atoms with Crippen molar-refractivity contribution in [2.75, 3.05) is 24.2 Å². The van der Waals surface area contributed by atoms with Crippen LogP contribution in [0.4, 0.5) is 18.9 Å². The van der Waals surface area contributed by atoms with E-state index in [1.165, 1.54) is 37.1 Å². The summed E-state index contributed by atoms with van der Waals surface area (Å²) in [7, 11) is -2.43. The van der Waals surface area contributed by atoms with Gasteiger partial charge in [-0.15, -0.1) is 0 Å². The van der Waals surface area contributed by atoms with Gasteiger partial charge in [0.25, 0.3) is 0 Å². The van der Waals surface area contributed by atoms with Crippen molar-refractivity contribution in [3.63, 3.8) is 0 Å². The Bertz CT molecular complexity index is 1110. The zero-order chi connectivity index (χ0) is 24.8. The minimum absolute atomic E-state index is 0.0269. The van der Waals surface area contributed by atoms with Gasteiger partial charge in [-0.05, 0) is 31.5 Å². The number of nitrogens with zero attached hydrogens (tertiary/aromatic N) is 2. The number of carbonyl (C=O) groups is 2. The third kappa shape index (κ3) is 6.95. The van der Waals surface area contributed by atoms with Crippen molar-refractivity contribution in [1.29, 1.82) is 0 Å². The lowest BCUT2D eigenvalue weighted by Gasteiger charge is -2.29. The molecule has 0 spiro atoms. The summed E-state index contributed by atoms with van der Waals surface area (Å²) in [6.07, 6.45) is 0.777. The Morgan fingerprint density at radius 1 is 1.03 bits per heavy atom. The summed E-state index contributed by atoms with van der Waals surface area (Å²) in [4.78, 5) is 26.3. The minimum Gasteiger partial charge on any atom is -0.357 e. The molecular formula is C22H26F3N3O4S. The van der Waals surface area contributed by atoms with Crippen molar-refractivity contribution < 1.29 is 31.2 Å². The monoisotopic (exact) mass is 485 g/mol. The molecule has 0 fully saturated rings. The van der Waals surface area contributed by atoms with Crippen LogP contribution in [-0.4, -0.2) is 51.0 Å². The first-order chi connectivity index (χ1) is 15.5. The maximum atomic E-state index is 14.1. The molecule has 0 unspecified atom stereocenters. The second-order valence-electron chi connectivity index (χ2n) is 7.44. The first-order valence-corrected chi connectivity index (χ1v) is 12.0. The largest absolute Gasteiger partial charge is 0.357 e. The van der Waals surface area contributed by atoms with Crippen LogP contribution in [0, 0.1) is 17.5 Å². The van der Waals surface area contributed by atoms with E-state index < -0.39 is 45.3 Å². The molecule has 0 aliphatic heterocycles. The van der Waals surface area contributed by atoms with Crippen LogP contribution < -0.4 is 9.62 Å². The molecule has 2 rings (SSSR count). The van der Waals surface area contributed by atoms with Crippen molar-refractivity contribution in [3.8, 4) is 0 Å². The molecule has 0 saturated carbocycles. The van der Waals surface area contributed by atoms with E-state index >= 15 is 0 Å². The number of carbonyl (C=O) groups excluding carboxylic acids is 2. The van der Waals surface area contributed by atoms with Gasteiger partial charge in [0.2, 0.25) is 21.8 Å². The van der Waals surface area contributed by atoms with Crippen molar-refractivity contribution in [2.24, 2.45) is 0 Å². The lowest BCUT2D eigenvalue weighted by atomic mass is 10.1. The van der Waals surface area contributed by atoms with Crippen LogP contribution in [-0.2, 0) is 26.2 Å². The fourth-order valence-electron chi connectivity index (χ4n) is 3.25. The van der Waals surface area contributed by atoms with Crippen LogP contribution in [0.25, 0.3) is 0 Å². The third-order valence-electron chi connectivity index (χ3n) is 5.06. The van der Waals surface area contributed by atoms with Gasteiger partial charge in [0.15, 0.2) is 11.6 Å². The molecule has 0 aliphatic carbocycles. The van der Waals surface area contributed by atoms with Gasteiger partial charge in [0, 0.05) is 38.2 Å². The summed E-state index contributed by atoms with van der Waals surface area (Å²) in [6, 6.07) is 7.65. The van der Waals surface area contributed by atoms with Gasteiger partial charge in [0.1, 0.15) is 11.9 Å². The van der Waals surface area contributed by atoms with Crippen molar-refractivity contribution in [2.45, 2.75) is 32.4 Å². The number of nitrogens with one attached hydrogen (secondary N) is 1. The van der Waals surface area contributed by atoms with E-state index in [2.05, 4.69) is 5.32 Å². The molecule has 2 amide bonds.